The fourth-order valence-corrected chi connectivity index (χ4v) is 2.76. The molecule has 1 aromatic rings. The quantitative estimate of drug-likeness (QED) is 0.528. The lowest BCUT2D eigenvalue weighted by Gasteiger charge is -2.17. The van der Waals surface area contributed by atoms with Gasteiger partial charge in [0.05, 0.1) is 0 Å². The molecule has 0 saturated carbocycles. The maximum absolute atomic E-state index is 4.07. The summed E-state index contributed by atoms with van der Waals surface area (Å²) in [5, 5.41) is 0. The van der Waals surface area contributed by atoms with E-state index in [1.807, 2.05) is 0 Å². The highest BCUT2D eigenvalue weighted by Gasteiger charge is 2.11. The summed E-state index contributed by atoms with van der Waals surface area (Å²) < 4.78 is 0. The van der Waals surface area contributed by atoms with Crippen molar-refractivity contribution < 1.29 is 0 Å². The lowest BCUT2D eigenvalue weighted by atomic mass is 9.88. The van der Waals surface area contributed by atoms with Gasteiger partial charge in [-0.2, -0.15) is 0 Å². The van der Waals surface area contributed by atoms with Crippen molar-refractivity contribution in [2.45, 2.75) is 60.8 Å². The van der Waals surface area contributed by atoms with Gasteiger partial charge in [-0.15, -0.1) is 0 Å². The number of hydrogen-bond donors (Lipinski definition) is 0. The van der Waals surface area contributed by atoms with Gasteiger partial charge in [0.2, 0.25) is 0 Å². The van der Waals surface area contributed by atoms with Gasteiger partial charge in [-0.1, -0.05) is 57.2 Å². The third-order valence-corrected chi connectivity index (χ3v) is 4.35. The molecule has 1 rings (SSSR count). The maximum atomic E-state index is 4.07. The Labute approximate surface area is 131 Å². The Morgan fingerprint density at radius 3 is 2.19 bits per heavy atom. The molecule has 0 amide bonds. The van der Waals surface area contributed by atoms with Crippen LogP contribution in [0.5, 0.6) is 0 Å². The van der Waals surface area contributed by atoms with Crippen molar-refractivity contribution in [3.05, 3.63) is 64.3 Å². The summed E-state index contributed by atoms with van der Waals surface area (Å²) in [6.45, 7) is 19.4. The van der Waals surface area contributed by atoms with Gasteiger partial charge in [0.25, 0.3) is 0 Å². The summed E-state index contributed by atoms with van der Waals surface area (Å²) in [6, 6.07) is 6.92. The molecule has 0 aliphatic rings. The van der Waals surface area contributed by atoms with Crippen molar-refractivity contribution in [3.63, 3.8) is 0 Å². The SMILES string of the molecule is C=C(C)/C(C)=C(C)\C(=C/C)c1ccc(C(C)C)c(CC)c1. The van der Waals surface area contributed by atoms with Crippen LogP contribution in [0.15, 0.2) is 47.6 Å². The molecule has 114 valence electrons. The molecule has 0 heteroatoms. The molecule has 0 unspecified atom stereocenters. The van der Waals surface area contributed by atoms with E-state index in [-0.39, 0.29) is 0 Å². The molecule has 0 atom stereocenters. The minimum atomic E-state index is 0.580. The molecule has 0 N–H and O–H groups in total. The van der Waals surface area contributed by atoms with Gasteiger partial charge >= 0.3 is 0 Å². The fourth-order valence-electron chi connectivity index (χ4n) is 2.76. The van der Waals surface area contributed by atoms with Crippen LogP contribution in [0.3, 0.4) is 0 Å². The van der Waals surface area contributed by atoms with E-state index in [4.69, 9.17) is 0 Å². The Bertz CT molecular complexity index is 580. The highest BCUT2D eigenvalue weighted by Crippen LogP contribution is 2.30. The van der Waals surface area contributed by atoms with Crippen LogP contribution in [0, 0.1) is 0 Å². The summed E-state index contributed by atoms with van der Waals surface area (Å²) in [7, 11) is 0. The standard InChI is InChI=1S/C21H30/c1-9-18-13-19(11-12-21(18)15(5)6)20(10-2)17(8)16(7)14(3)4/h10-13,15H,3,9H2,1-2,4-8H3/b17-16-,20-10+. The second-order valence-corrected chi connectivity index (χ2v) is 6.15. The van der Waals surface area contributed by atoms with Crippen LogP contribution in [0.25, 0.3) is 5.57 Å². The van der Waals surface area contributed by atoms with Crippen LogP contribution in [-0.4, -0.2) is 0 Å². The summed E-state index contributed by atoms with van der Waals surface area (Å²) in [5.74, 6) is 0.580. The topological polar surface area (TPSA) is 0 Å². The zero-order valence-corrected chi connectivity index (χ0v) is 14.8. The Balaban J connectivity index is 3.39. The van der Waals surface area contributed by atoms with E-state index in [0.29, 0.717) is 5.92 Å². The zero-order chi connectivity index (χ0) is 16.2. The Kier molecular flexibility index (Phi) is 6.20. The van der Waals surface area contributed by atoms with E-state index < -0.39 is 0 Å². The van der Waals surface area contributed by atoms with Gasteiger partial charge in [-0.25, -0.2) is 0 Å². The first-order valence-corrected chi connectivity index (χ1v) is 7.96. The van der Waals surface area contributed by atoms with Crippen LogP contribution < -0.4 is 0 Å². The van der Waals surface area contributed by atoms with Crippen LogP contribution in [-0.2, 0) is 6.42 Å². The normalized spacial score (nSPS) is 13.4. The first-order valence-electron chi connectivity index (χ1n) is 7.96. The van der Waals surface area contributed by atoms with E-state index in [9.17, 15) is 0 Å². The third kappa shape index (κ3) is 3.97. The molecule has 0 nitrogen and oxygen atoms in total. The minimum absolute atomic E-state index is 0.580. The molecule has 0 aromatic heterocycles. The molecule has 0 heterocycles. The summed E-state index contributed by atoms with van der Waals surface area (Å²) in [4.78, 5) is 0. The largest absolute Gasteiger partial charge is 0.0958 e. The van der Waals surface area contributed by atoms with Gasteiger partial charge in [0, 0.05) is 0 Å². The van der Waals surface area contributed by atoms with Gasteiger partial charge < -0.3 is 0 Å². The Hall–Kier alpha value is -1.56. The van der Waals surface area contributed by atoms with Crippen LogP contribution in [0.4, 0.5) is 0 Å². The number of aryl methyl sites for hydroxylation is 1. The summed E-state index contributed by atoms with van der Waals surface area (Å²) >= 11 is 0. The van der Waals surface area contributed by atoms with Crippen LogP contribution in [0.1, 0.15) is 71.1 Å². The van der Waals surface area contributed by atoms with Crippen molar-refractivity contribution in [2.75, 3.05) is 0 Å². The molecule has 0 radical (unpaired) electrons. The van der Waals surface area contributed by atoms with Crippen molar-refractivity contribution in [3.8, 4) is 0 Å². The molecule has 0 bridgehead atoms. The van der Waals surface area contributed by atoms with Crippen LogP contribution >= 0.6 is 0 Å². The first kappa shape index (κ1) is 17.5. The number of benzene rings is 1. The van der Waals surface area contributed by atoms with E-state index in [0.717, 1.165) is 12.0 Å². The van der Waals surface area contributed by atoms with Crippen molar-refractivity contribution >= 4 is 5.57 Å². The molecule has 0 saturated heterocycles. The third-order valence-electron chi connectivity index (χ3n) is 4.35. The second-order valence-electron chi connectivity index (χ2n) is 6.15. The summed E-state index contributed by atoms with van der Waals surface area (Å²) in [6.07, 6.45) is 3.30. The number of allylic oxidation sites excluding steroid dienone is 5. The minimum Gasteiger partial charge on any atom is -0.0958 e. The van der Waals surface area contributed by atoms with Crippen LogP contribution in [0.2, 0.25) is 0 Å². The zero-order valence-electron chi connectivity index (χ0n) is 14.8. The molecular formula is C21H30. The predicted molar refractivity (Wildman–Crippen MR) is 96.7 cm³/mol. The number of hydrogen-bond acceptors (Lipinski definition) is 0. The average Bonchev–Trinajstić information content (AvgIpc) is 2.46. The Morgan fingerprint density at radius 1 is 1.14 bits per heavy atom. The van der Waals surface area contributed by atoms with Crippen molar-refractivity contribution in [1.82, 2.24) is 0 Å². The highest BCUT2D eigenvalue weighted by atomic mass is 14.2. The highest BCUT2D eigenvalue weighted by molar-refractivity contribution is 5.80. The molecule has 21 heavy (non-hydrogen) atoms. The van der Waals surface area contributed by atoms with E-state index in [2.05, 4.69) is 79.3 Å². The average molecular weight is 282 g/mol. The van der Waals surface area contributed by atoms with E-state index in [1.165, 1.54) is 33.4 Å². The lowest BCUT2D eigenvalue weighted by Crippen LogP contribution is -1.98. The lowest BCUT2D eigenvalue weighted by molar-refractivity contribution is 0.844. The molecule has 0 spiro atoms. The van der Waals surface area contributed by atoms with Gasteiger partial charge in [-0.3, -0.25) is 0 Å². The monoisotopic (exact) mass is 282 g/mol. The van der Waals surface area contributed by atoms with E-state index >= 15 is 0 Å². The maximum Gasteiger partial charge on any atom is -0.0182 e. The van der Waals surface area contributed by atoms with Gasteiger partial charge in [-0.05, 0) is 73.4 Å². The van der Waals surface area contributed by atoms with Crippen molar-refractivity contribution in [1.29, 1.82) is 0 Å². The smallest absolute Gasteiger partial charge is 0.0182 e. The predicted octanol–water partition coefficient (Wildman–Crippen LogP) is 6.69. The van der Waals surface area contributed by atoms with E-state index in [1.54, 1.807) is 0 Å². The summed E-state index contributed by atoms with van der Waals surface area (Å²) in [5.41, 5.74) is 9.31. The first-order chi connectivity index (χ1) is 9.83. The molecular weight excluding hydrogens is 252 g/mol. The van der Waals surface area contributed by atoms with Gasteiger partial charge in [0.15, 0.2) is 0 Å². The van der Waals surface area contributed by atoms with Gasteiger partial charge in [0.1, 0.15) is 0 Å². The molecule has 0 aliphatic heterocycles. The second kappa shape index (κ2) is 7.45. The van der Waals surface area contributed by atoms with Crippen molar-refractivity contribution in [2.24, 2.45) is 0 Å². The fraction of sp³-hybridized carbons (Fsp3) is 0.429. The Morgan fingerprint density at radius 2 is 1.76 bits per heavy atom. The molecule has 0 fully saturated rings. The molecule has 0 aliphatic carbocycles. The molecule has 1 aromatic carbocycles. The number of rotatable bonds is 5.